The number of benzene rings is 1. The van der Waals surface area contributed by atoms with E-state index in [1.54, 1.807) is 0 Å². The molecule has 1 aliphatic carbocycles. The second-order valence-corrected chi connectivity index (χ2v) is 5.85. The minimum Gasteiger partial charge on any atom is -0.342 e. The van der Waals surface area contributed by atoms with Gasteiger partial charge in [0.1, 0.15) is 11.6 Å². The Morgan fingerprint density at radius 3 is 2.45 bits per heavy atom. The molecule has 1 atom stereocenters. The Balaban J connectivity index is 1.71. The van der Waals surface area contributed by atoms with Gasteiger partial charge in [0.05, 0.1) is 0 Å². The van der Waals surface area contributed by atoms with Gasteiger partial charge in [-0.05, 0) is 18.4 Å². The van der Waals surface area contributed by atoms with Crippen LogP contribution in [0.1, 0.15) is 37.7 Å². The molecule has 1 aromatic carbocycles. The monoisotopic (exact) mass is 272 g/mol. The van der Waals surface area contributed by atoms with E-state index in [2.05, 4.69) is 10.6 Å². The van der Waals surface area contributed by atoms with Crippen molar-refractivity contribution >= 4 is 11.8 Å². The van der Waals surface area contributed by atoms with Crippen LogP contribution in [0.15, 0.2) is 30.3 Å². The van der Waals surface area contributed by atoms with Crippen molar-refractivity contribution in [1.29, 1.82) is 0 Å². The molecule has 4 heteroatoms. The predicted octanol–water partition coefficient (Wildman–Crippen LogP) is 1.55. The molecule has 2 amide bonds. The van der Waals surface area contributed by atoms with E-state index >= 15 is 0 Å². The van der Waals surface area contributed by atoms with Crippen LogP contribution in [0.3, 0.4) is 0 Å². The summed E-state index contributed by atoms with van der Waals surface area (Å²) in [7, 11) is 0. The van der Waals surface area contributed by atoms with Crippen LogP contribution in [0.25, 0.3) is 0 Å². The molecule has 2 aliphatic rings. The van der Waals surface area contributed by atoms with Gasteiger partial charge in [0.15, 0.2) is 0 Å². The van der Waals surface area contributed by atoms with E-state index < -0.39 is 11.6 Å². The fourth-order valence-electron chi connectivity index (χ4n) is 3.24. The van der Waals surface area contributed by atoms with Crippen molar-refractivity contribution in [2.24, 2.45) is 0 Å². The van der Waals surface area contributed by atoms with Crippen LogP contribution in [0.4, 0.5) is 0 Å². The molecule has 1 unspecified atom stereocenters. The number of piperazine rings is 1. The van der Waals surface area contributed by atoms with Crippen LogP contribution in [0, 0.1) is 0 Å². The third kappa shape index (κ3) is 2.42. The minimum absolute atomic E-state index is 0.00210. The highest BCUT2D eigenvalue weighted by atomic mass is 16.2. The Morgan fingerprint density at radius 1 is 1.05 bits per heavy atom. The molecule has 1 aromatic rings. The van der Waals surface area contributed by atoms with Crippen molar-refractivity contribution in [2.75, 3.05) is 0 Å². The molecule has 2 N–H and O–H groups in total. The van der Waals surface area contributed by atoms with Crippen LogP contribution >= 0.6 is 0 Å². The molecule has 0 radical (unpaired) electrons. The van der Waals surface area contributed by atoms with Crippen molar-refractivity contribution in [2.45, 2.75) is 50.1 Å². The summed E-state index contributed by atoms with van der Waals surface area (Å²) >= 11 is 0. The standard InChI is InChI=1S/C16H20N2O2/c19-14-13(11-12-7-3-1-4-8-12)17-15(20)16(18-14)9-5-2-6-10-16/h1,3-4,7-8,13H,2,5-6,9-11H2,(H,17,20)(H,18,19). The molecule has 2 fully saturated rings. The van der Waals surface area contributed by atoms with Gasteiger partial charge in [0.25, 0.3) is 0 Å². The van der Waals surface area contributed by atoms with Crippen molar-refractivity contribution in [1.82, 2.24) is 10.6 Å². The quantitative estimate of drug-likeness (QED) is 0.858. The predicted molar refractivity (Wildman–Crippen MR) is 76.0 cm³/mol. The van der Waals surface area contributed by atoms with Gasteiger partial charge >= 0.3 is 0 Å². The van der Waals surface area contributed by atoms with Gasteiger partial charge in [-0.3, -0.25) is 9.59 Å². The first-order chi connectivity index (χ1) is 9.70. The maximum Gasteiger partial charge on any atom is 0.246 e. The summed E-state index contributed by atoms with van der Waals surface area (Å²) in [6, 6.07) is 9.34. The molecule has 4 nitrogen and oxygen atoms in total. The van der Waals surface area contributed by atoms with E-state index in [0.717, 1.165) is 37.7 Å². The summed E-state index contributed by atoms with van der Waals surface area (Å²) in [5.74, 6) is -0.0481. The Labute approximate surface area is 118 Å². The van der Waals surface area contributed by atoms with E-state index in [1.165, 1.54) is 0 Å². The second kappa shape index (κ2) is 5.27. The molecule has 1 heterocycles. The highest BCUT2D eigenvalue weighted by molar-refractivity contribution is 6.00. The molecule has 20 heavy (non-hydrogen) atoms. The normalized spacial score (nSPS) is 25.1. The summed E-state index contributed by atoms with van der Waals surface area (Å²) in [5.41, 5.74) is 0.426. The van der Waals surface area contributed by atoms with Crippen molar-refractivity contribution < 1.29 is 9.59 Å². The highest BCUT2D eigenvalue weighted by Gasteiger charge is 2.46. The zero-order valence-electron chi connectivity index (χ0n) is 11.5. The lowest BCUT2D eigenvalue weighted by atomic mass is 9.79. The zero-order chi connectivity index (χ0) is 14.0. The number of hydrogen-bond acceptors (Lipinski definition) is 2. The zero-order valence-corrected chi connectivity index (χ0v) is 11.5. The van der Waals surface area contributed by atoms with Crippen molar-refractivity contribution in [3.63, 3.8) is 0 Å². The van der Waals surface area contributed by atoms with Crippen LogP contribution in [0.2, 0.25) is 0 Å². The van der Waals surface area contributed by atoms with Gasteiger partial charge in [0, 0.05) is 6.42 Å². The number of nitrogens with one attached hydrogen (secondary N) is 2. The van der Waals surface area contributed by atoms with Crippen LogP contribution in [-0.4, -0.2) is 23.4 Å². The van der Waals surface area contributed by atoms with Gasteiger partial charge in [-0.1, -0.05) is 49.6 Å². The second-order valence-electron chi connectivity index (χ2n) is 5.85. The Bertz CT molecular complexity index is 506. The fourth-order valence-corrected chi connectivity index (χ4v) is 3.24. The Hall–Kier alpha value is -1.84. The van der Waals surface area contributed by atoms with Crippen LogP contribution in [0.5, 0.6) is 0 Å². The molecule has 0 bridgehead atoms. The molecular weight excluding hydrogens is 252 g/mol. The summed E-state index contributed by atoms with van der Waals surface area (Å²) in [4.78, 5) is 24.7. The SMILES string of the molecule is O=C1NC2(CCCCC2)C(=O)NC1Cc1ccccc1. The van der Waals surface area contributed by atoms with Gasteiger partial charge in [-0.15, -0.1) is 0 Å². The maximum absolute atomic E-state index is 12.4. The van der Waals surface area contributed by atoms with E-state index in [1.807, 2.05) is 30.3 Å². The number of hydrogen-bond donors (Lipinski definition) is 2. The average molecular weight is 272 g/mol. The summed E-state index contributed by atoms with van der Waals surface area (Å²) in [5, 5.41) is 5.93. The molecule has 3 rings (SSSR count). The third-order valence-electron chi connectivity index (χ3n) is 4.41. The molecule has 1 spiro atoms. The molecule has 106 valence electrons. The lowest BCUT2D eigenvalue weighted by Crippen LogP contribution is -2.70. The summed E-state index contributed by atoms with van der Waals surface area (Å²) < 4.78 is 0. The molecule has 0 aromatic heterocycles. The van der Waals surface area contributed by atoms with Crippen LogP contribution in [-0.2, 0) is 16.0 Å². The Kier molecular flexibility index (Phi) is 3.47. The minimum atomic E-state index is -0.636. The molecule has 1 saturated carbocycles. The van der Waals surface area contributed by atoms with Gasteiger partial charge in [-0.2, -0.15) is 0 Å². The molecule has 1 saturated heterocycles. The number of amides is 2. The summed E-state index contributed by atoms with van der Waals surface area (Å²) in [6.45, 7) is 0. The third-order valence-corrected chi connectivity index (χ3v) is 4.41. The van der Waals surface area contributed by atoms with Crippen molar-refractivity contribution in [3.8, 4) is 0 Å². The number of carbonyl (C=O) groups is 2. The van der Waals surface area contributed by atoms with E-state index in [9.17, 15) is 9.59 Å². The van der Waals surface area contributed by atoms with E-state index in [-0.39, 0.29) is 11.8 Å². The van der Waals surface area contributed by atoms with Gasteiger partial charge < -0.3 is 10.6 Å². The lowest BCUT2D eigenvalue weighted by Gasteiger charge is -2.42. The summed E-state index contributed by atoms with van der Waals surface area (Å²) in [6.07, 6.45) is 5.26. The highest BCUT2D eigenvalue weighted by Crippen LogP contribution is 2.30. The first kappa shape index (κ1) is 13.2. The van der Waals surface area contributed by atoms with Crippen LogP contribution < -0.4 is 10.6 Å². The largest absolute Gasteiger partial charge is 0.342 e. The fraction of sp³-hybridized carbons (Fsp3) is 0.500. The van der Waals surface area contributed by atoms with Crippen molar-refractivity contribution in [3.05, 3.63) is 35.9 Å². The lowest BCUT2D eigenvalue weighted by molar-refractivity contribution is -0.143. The topological polar surface area (TPSA) is 58.2 Å². The van der Waals surface area contributed by atoms with E-state index in [0.29, 0.717) is 6.42 Å². The van der Waals surface area contributed by atoms with E-state index in [4.69, 9.17) is 0 Å². The van der Waals surface area contributed by atoms with Gasteiger partial charge in [0.2, 0.25) is 11.8 Å². The number of rotatable bonds is 2. The Morgan fingerprint density at radius 2 is 1.75 bits per heavy atom. The molecular formula is C16H20N2O2. The van der Waals surface area contributed by atoms with Gasteiger partial charge in [-0.25, -0.2) is 0 Å². The number of carbonyl (C=O) groups excluding carboxylic acids is 2. The first-order valence-corrected chi connectivity index (χ1v) is 7.37. The molecule has 1 aliphatic heterocycles. The maximum atomic E-state index is 12.4. The average Bonchev–Trinajstić information content (AvgIpc) is 2.47. The smallest absolute Gasteiger partial charge is 0.246 e. The first-order valence-electron chi connectivity index (χ1n) is 7.37.